The smallest absolute Gasteiger partial charge is 0.344 e. The number of carbonyl (C=O) groups excluding carboxylic acids is 2. The van der Waals surface area contributed by atoms with Crippen molar-refractivity contribution in [1.82, 2.24) is 5.32 Å². The van der Waals surface area contributed by atoms with Crippen LogP contribution in [-0.2, 0) is 20.7 Å². The first-order chi connectivity index (χ1) is 11.6. The fourth-order valence-electron chi connectivity index (χ4n) is 1.93. The summed E-state index contributed by atoms with van der Waals surface area (Å²) in [5, 5.41) is 2.65. The molecule has 0 saturated heterocycles. The molecule has 1 N–H and O–H groups in total. The van der Waals surface area contributed by atoms with E-state index in [0.717, 1.165) is 5.56 Å². The summed E-state index contributed by atoms with van der Waals surface area (Å²) in [6, 6.07) is 15.4. The Morgan fingerprint density at radius 3 is 2.42 bits per heavy atom. The highest BCUT2D eigenvalue weighted by Gasteiger charge is 2.09. The van der Waals surface area contributed by atoms with Crippen LogP contribution in [0.2, 0.25) is 0 Å². The van der Waals surface area contributed by atoms with Gasteiger partial charge in [-0.15, -0.1) is 0 Å². The van der Waals surface area contributed by atoms with E-state index in [4.69, 9.17) is 9.47 Å². The van der Waals surface area contributed by atoms with Gasteiger partial charge >= 0.3 is 5.97 Å². The van der Waals surface area contributed by atoms with Gasteiger partial charge in [-0.25, -0.2) is 9.18 Å². The first kappa shape index (κ1) is 17.5. The second-order valence-electron chi connectivity index (χ2n) is 4.97. The van der Waals surface area contributed by atoms with Gasteiger partial charge in [0.2, 0.25) is 0 Å². The Labute approximate surface area is 139 Å². The van der Waals surface area contributed by atoms with Crippen molar-refractivity contribution in [3.8, 4) is 5.75 Å². The topological polar surface area (TPSA) is 64.6 Å². The highest BCUT2D eigenvalue weighted by Crippen LogP contribution is 2.14. The van der Waals surface area contributed by atoms with Gasteiger partial charge in [-0.2, -0.15) is 0 Å². The van der Waals surface area contributed by atoms with Crippen molar-refractivity contribution >= 4 is 11.9 Å². The number of rotatable bonds is 8. The molecule has 126 valence electrons. The van der Waals surface area contributed by atoms with Crippen LogP contribution in [0, 0.1) is 5.82 Å². The molecule has 0 bridgehead atoms. The molecule has 2 rings (SSSR count). The third-order valence-electron chi connectivity index (χ3n) is 3.13. The zero-order chi connectivity index (χ0) is 17.2. The van der Waals surface area contributed by atoms with Crippen molar-refractivity contribution in [1.29, 1.82) is 0 Å². The Morgan fingerprint density at radius 1 is 0.958 bits per heavy atom. The summed E-state index contributed by atoms with van der Waals surface area (Å²) < 4.78 is 23.1. The van der Waals surface area contributed by atoms with Crippen molar-refractivity contribution in [3.05, 3.63) is 66.0 Å². The number of halogens is 1. The van der Waals surface area contributed by atoms with Crippen LogP contribution >= 0.6 is 0 Å². The summed E-state index contributed by atoms with van der Waals surface area (Å²) in [6.45, 7) is -0.404. The molecule has 0 fully saturated rings. The minimum absolute atomic E-state index is 0.0400. The lowest BCUT2D eigenvalue weighted by atomic mass is 10.1. The minimum atomic E-state index is -0.739. The SMILES string of the molecule is O=C(COC(=O)COc1ccccc1F)NCCc1ccccc1. The number of carbonyl (C=O) groups is 2. The van der Waals surface area contributed by atoms with Crippen LogP contribution in [0.3, 0.4) is 0 Å². The zero-order valence-corrected chi connectivity index (χ0v) is 13.0. The fourth-order valence-corrected chi connectivity index (χ4v) is 1.93. The van der Waals surface area contributed by atoms with E-state index in [1.165, 1.54) is 18.2 Å². The molecule has 1 amide bonds. The summed E-state index contributed by atoms with van der Waals surface area (Å²) in [5.74, 6) is -1.74. The van der Waals surface area contributed by atoms with Gasteiger partial charge in [-0.3, -0.25) is 4.79 Å². The maximum absolute atomic E-state index is 13.3. The molecule has 0 aliphatic carbocycles. The van der Waals surface area contributed by atoms with E-state index < -0.39 is 30.9 Å². The summed E-state index contributed by atoms with van der Waals surface area (Å²) in [6.07, 6.45) is 0.691. The molecule has 0 aromatic heterocycles. The van der Waals surface area contributed by atoms with Gasteiger partial charge in [0.05, 0.1) is 0 Å². The van der Waals surface area contributed by atoms with Crippen LogP contribution in [0.1, 0.15) is 5.56 Å². The largest absolute Gasteiger partial charge is 0.479 e. The number of benzene rings is 2. The number of hydrogen-bond acceptors (Lipinski definition) is 4. The Hall–Kier alpha value is -2.89. The van der Waals surface area contributed by atoms with Crippen molar-refractivity contribution in [2.24, 2.45) is 0 Å². The minimum Gasteiger partial charge on any atom is -0.479 e. The number of esters is 1. The Morgan fingerprint density at radius 2 is 1.67 bits per heavy atom. The quantitative estimate of drug-likeness (QED) is 0.753. The van der Waals surface area contributed by atoms with Crippen LogP contribution in [0.15, 0.2) is 54.6 Å². The van der Waals surface area contributed by atoms with E-state index in [9.17, 15) is 14.0 Å². The molecule has 2 aromatic carbocycles. The first-order valence-electron chi connectivity index (χ1n) is 7.49. The third kappa shape index (κ3) is 6.08. The molecule has 5 nitrogen and oxygen atoms in total. The van der Waals surface area contributed by atoms with Gasteiger partial charge in [0.15, 0.2) is 24.8 Å². The number of nitrogens with one attached hydrogen (secondary N) is 1. The molecule has 0 unspecified atom stereocenters. The van der Waals surface area contributed by atoms with Gasteiger partial charge in [-0.05, 0) is 24.1 Å². The molecule has 0 atom stereocenters. The third-order valence-corrected chi connectivity index (χ3v) is 3.13. The lowest BCUT2D eigenvalue weighted by Gasteiger charge is -2.08. The fraction of sp³-hybridized carbons (Fsp3) is 0.222. The Balaban J connectivity index is 1.61. The lowest BCUT2D eigenvalue weighted by Crippen LogP contribution is -2.31. The molecule has 0 aliphatic rings. The van der Waals surface area contributed by atoms with Gasteiger partial charge in [0, 0.05) is 6.54 Å². The van der Waals surface area contributed by atoms with Gasteiger partial charge in [0.1, 0.15) is 0 Å². The molecule has 24 heavy (non-hydrogen) atoms. The zero-order valence-electron chi connectivity index (χ0n) is 13.0. The van der Waals surface area contributed by atoms with Gasteiger partial charge in [0.25, 0.3) is 5.91 Å². The van der Waals surface area contributed by atoms with E-state index in [0.29, 0.717) is 13.0 Å². The predicted molar refractivity (Wildman–Crippen MR) is 86.0 cm³/mol. The normalized spacial score (nSPS) is 10.0. The van der Waals surface area contributed by atoms with Crippen LogP contribution < -0.4 is 10.1 Å². The van der Waals surface area contributed by atoms with E-state index >= 15 is 0 Å². The Bertz CT molecular complexity index is 676. The summed E-state index contributed by atoms with van der Waals surface area (Å²) >= 11 is 0. The van der Waals surface area contributed by atoms with Crippen molar-refractivity contribution < 1.29 is 23.5 Å². The van der Waals surface area contributed by atoms with Gasteiger partial charge in [-0.1, -0.05) is 42.5 Å². The molecule has 2 aromatic rings. The van der Waals surface area contributed by atoms with Crippen LogP contribution in [0.5, 0.6) is 5.75 Å². The summed E-state index contributed by atoms with van der Waals surface area (Å²) in [5.41, 5.74) is 1.10. The van der Waals surface area contributed by atoms with E-state index in [1.807, 2.05) is 30.3 Å². The van der Waals surface area contributed by atoms with Crippen molar-refractivity contribution in [3.63, 3.8) is 0 Å². The monoisotopic (exact) mass is 331 g/mol. The highest BCUT2D eigenvalue weighted by atomic mass is 19.1. The van der Waals surface area contributed by atoms with Crippen LogP contribution in [0.4, 0.5) is 4.39 Å². The highest BCUT2D eigenvalue weighted by molar-refractivity contribution is 5.80. The molecule has 0 saturated carbocycles. The molecule has 0 aliphatic heterocycles. The average molecular weight is 331 g/mol. The summed E-state index contributed by atoms with van der Waals surface area (Å²) in [7, 11) is 0. The predicted octanol–water partition coefficient (Wildman–Crippen LogP) is 2.11. The van der Waals surface area contributed by atoms with E-state index in [1.54, 1.807) is 6.07 Å². The van der Waals surface area contributed by atoms with Gasteiger partial charge < -0.3 is 14.8 Å². The maximum atomic E-state index is 13.3. The van der Waals surface area contributed by atoms with Crippen LogP contribution in [0.25, 0.3) is 0 Å². The van der Waals surface area contributed by atoms with E-state index in [2.05, 4.69) is 5.32 Å². The second-order valence-corrected chi connectivity index (χ2v) is 4.97. The number of para-hydroxylation sites is 1. The first-order valence-corrected chi connectivity index (χ1v) is 7.49. The Kier molecular flexibility index (Phi) is 6.76. The average Bonchev–Trinajstić information content (AvgIpc) is 2.60. The van der Waals surface area contributed by atoms with Crippen molar-refractivity contribution in [2.75, 3.05) is 19.8 Å². The number of amides is 1. The lowest BCUT2D eigenvalue weighted by molar-refractivity contribution is -0.150. The molecular formula is C18H18FNO4. The second kappa shape index (κ2) is 9.29. The number of ether oxygens (including phenoxy) is 2. The molecule has 0 spiro atoms. The molecule has 6 heteroatoms. The number of hydrogen-bond donors (Lipinski definition) is 1. The standard InChI is InChI=1S/C18H18FNO4/c19-15-8-4-5-9-16(15)23-13-18(22)24-12-17(21)20-11-10-14-6-2-1-3-7-14/h1-9H,10-13H2,(H,20,21). The summed E-state index contributed by atoms with van der Waals surface area (Å²) in [4.78, 5) is 23.1. The van der Waals surface area contributed by atoms with E-state index in [-0.39, 0.29) is 5.75 Å². The molecular weight excluding hydrogens is 313 g/mol. The van der Waals surface area contributed by atoms with Crippen LogP contribution in [-0.4, -0.2) is 31.6 Å². The van der Waals surface area contributed by atoms with Crippen molar-refractivity contribution in [2.45, 2.75) is 6.42 Å². The maximum Gasteiger partial charge on any atom is 0.344 e. The molecule has 0 heterocycles. The molecule has 0 radical (unpaired) electrons.